The van der Waals surface area contributed by atoms with Gasteiger partial charge in [-0.05, 0) is 23.6 Å². The summed E-state index contributed by atoms with van der Waals surface area (Å²) < 4.78 is 23.0. The van der Waals surface area contributed by atoms with Gasteiger partial charge < -0.3 is 5.32 Å². The second-order valence-corrected chi connectivity index (χ2v) is 9.70. The SMILES string of the molecule is O=C(CN1C(=O)/C(=C/c2cccs2)SC1=S)N[C@@H]1C=CS(=O)(=O)C1. The monoisotopic (exact) mass is 400 g/mol. The quantitative estimate of drug-likeness (QED) is 0.607. The summed E-state index contributed by atoms with van der Waals surface area (Å²) in [6.07, 6.45) is 3.17. The van der Waals surface area contributed by atoms with Crippen LogP contribution >= 0.6 is 35.3 Å². The summed E-state index contributed by atoms with van der Waals surface area (Å²) >= 11 is 7.82. The van der Waals surface area contributed by atoms with Crippen molar-refractivity contribution in [1.29, 1.82) is 0 Å². The molecule has 24 heavy (non-hydrogen) atoms. The number of thiocarbonyl (C=S) groups is 1. The summed E-state index contributed by atoms with van der Waals surface area (Å²) in [4.78, 5) is 27.1. The topological polar surface area (TPSA) is 83.6 Å². The zero-order chi connectivity index (χ0) is 17.3. The third kappa shape index (κ3) is 3.94. The molecule has 1 atom stereocenters. The molecule has 2 aliphatic rings. The second-order valence-electron chi connectivity index (χ2n) is 5.12. The first kappa shape index (κ1) is 17.3. The van der Waals surface area contributed by atoms with Gasteiger partial charge in [-0.25, -0.2) is 8.42 Å². The minimum absolute atomic E-state index is 0.157. The summed E-state index contributed by atoms with van der Waals surface area (Å²) in [5.74, 6) is -0.923. The first-order chi connectivity index (χ1) is 11.3. The highest BCUT2D eigenvalue weighted by Gasteiger charge is 2.34. The van der Waals surface area contributed by atoms with E-state index in [9.17, 15) is 18.0 Å². The molecule has 0 saturated carbocycles. The largest absolute Gasteiger partial charge is 0.347 e. The molecule has 6 nitrogen and oxygen atoms in total. The fourth-order valence-electron chi connectivity index (χ4n) is 2.20. The number of carbonyl (C=O) groups excluding carboxylic acids is 2. The highest BCUT2D eigenvalue weighted by atomic mass is 32.2. The maximum atomic E-state index is 12.4. The number of hydrogen-bond acceptors (Lipinski definition) is 7. The van der Waals surface area contributed by atoms with Crippen molar-refractivity contribution in [2.24, 2.45) is 0 Å². The van der Waals surface area contributed by atoms with Crippen molar-refractivity contribution in [2.75, 3.05) is 12.3 Å². The lowest BCUT2D eigenvalue weighted by Crippen LogP contribution is -2.43. The summed E-state index contributed by atoms with van der Waals surface area (Å²) in [6, 6.07) is 3.20. The number of nitrogens with one attached hydrogen (secondary N) is 1. The zero-order valence-corrected chi connectivity index (χ0v) is 15.4. The van der Waals surface area contributed by atoms with Crippen LogP contribution in [-0.2, 0) is 19.4 Å². The Kier molecular flexibility index (Phi) is 4.90. The lowest BCUT2D eigenvalue weighted by atomic mass is 10.3. The van der Waals surface area contributed by atoms with Crippen LogP contribution in [0, 0.1) is 0 Å². The molecule has 1 saturated heterocycles. The number of thiophene rings is 1. The molecule has 1 aromatic rings. The molecule has 126 valence electrons. The van der Waals surface area contributed by atoms with E-state index in [1.165, 1.54) is 22.3 Å². The highest BCUT2D eigenvalue weighted by molar-refractivity contribution is 8.26. The highest BCUT2D eigenvalue weighted by Crippen LogP contribution is 2.33. The summed E-state index contributed by atoms with van der Waals surface area (Å²) in [7, 11) is -3.24. The van der Waals surface area contributed by atoms with Gasteiger partial charge in [0, 0.05) is 10.3 Å². The van der Waals surface area contributed by atoms with Crippen molar-refractivity contribution < 1.29 is 18.0 Å². The summed E-state index contributed by atoms with van der Waals surface area (Å²) in [6.45, 7) is -0.225. The lowest BCUT2D eigenvalue weighted by Gasteiger charge is -2.16. The third-order valence-electron chi connectivity index (χ3n) is 3.27. The van der Waals surface area contributed by atoms with Crippen LogP contribution in [0.4, 0.5) is 0 Å². The Bertz CT molecular complexity index is 855. The number of rotatable bonds is 4. The predicted octanol–water partition coefficient (Wildman–Crippen LogP) is 1.38. The minimum Gasteiger partial charge on any atom is -0.347 e. The molecule has 0 spiro atoms. The normalized spacial score (nSPS) is 24.1. The van der Waals surface area contributed by atoms with Crippen molar-refractivity contribution in [1.82, 2.24) is 10.2 Å². The van der Waals surface area contributed by atoms with E-state index in [0.717, 1.165) is 22.0 Å². The first-order valence-corrected chi connectivity index (χ1v) is 10.7. The van der Waals surface area contributed by atoms with Gasteiger partial charge in [-0.15, -0.1) is 11.3 Å². The van der Waals surface area contributed by atoms with Gasteiger partial charge in [-0.3, -0.25) is 14.5 Å². The van der Waals surface area contributed by atoms with Crippen LogP contribution in [0.1, 0.15) is 4.88 Å². The van der Waals surface area contributed by atoms with Crippen LogP contribution in [0.2, 0.25) is 0 Å². The van der Waals surface area contributed by atoms with Gasteiger partial charge in [0.15, 0.2) is 9.84 Å². The van der Waals surface area contributed by atoms with E-state index in [1.54, 1.807) is 6.08 Å². The average Bonchev–Trinajstić information content (AvgIpc) is 3.17. The molecule has 2 amide bonds. The smallest absolute Gasteiger partial charge is 0.266 e. The molecule has 0 radical (unpaired) electrons. The Balaban J connectivity index is 1.63. The third-order valence-corrected chi connectivity index (χ3v) is 6.86. The number of hydrogen-bond donors (Lipinski definition) is 1. The average molecular weight is 401 g/mol. The fraction of sp³-hybridized carbons (Fsp3) is 0.214. The van der Waals surface area contributed by atoms with Crippen molar-refractivity contribution in [2.45, 2.75) is 6.04 Å². The molecule has 1 fully saturated rings. The van der Waals surface area contributed by atoms with Gasteiger partial charge in [-0.1, -0.05) is 30.0 Å². The number of amides is 2. The number of carbonyl (C=O) groups is 2. The molecular formula is C14H12N2O4S4. The number of sulfone groups is 1. The van der Waals surface area contributed by atoms with Gasteiger partial charge >= 0.3 is 0 Å². The number of nitrogens with zero attached hydrogens (tertiary/aromatic N) is 1. The van der Waals surface area contributed by atoms with Gasteiger partial charge in [0.1, 0.15) is 10.9 Å². The zero-order valence-electron chi connectivity index (χ0n) is 12.2. The van der Waals surface area contributed by atoms with Crippen LogP contribution in [0.25, 0.3) is 6.08 Å². The molecule has 3 heterocycles. The van der Waals surface area contributed by atoms with Crippen LogP contribution in [0.15, 0.2) is 33.9 Å². The van der Waals surface area contributed by atoms with E-state index < -0.39 is 21.8 Å². The number of thioether (sulfide) groups is 1. The van der Waals surface area contributed by atoms with E-state index in [0.29, 0.717) is 9.23 Å². The van der Waals surface area contributed by atoms with Gasteiger partial charge in [-0.2, -0.15) is 0 Å². The fourth-order valence-corrected chi connectivity index (χ4v) is 5.41. The molecular weight excluding hydrogens is 388 g/mol. The standard InChI is InChI=1S/C14H12N2O4S4/c17-12(15-9-3-5-24(19,20)8-9)7-16-13(18)11(23-14(16)21)6-10-2-1-4-22-10/h1-6,9H,7-8H2,(H,15,17)/b11-6-/t9-/m1/s1. The Hall–Kier alpha value is -1.49. The first-order valence-electron chi connectivity index (χ1n) is 6.83. The predicted molar refractivity (Wildman–Crippen MR) is 99.1 cm³/mol. The van der Waals surface area contributed by atoms with Crippen molar-refractivity contribution in [3.05, 3.63) is 38.8 Å². The second kappa shape index (κ2) is 6.79. The molecule has 0 bridgehead atoms. The van der Waals surface area contributed by atoms with Crippen molar-refractivity contribution >= 4 is 67.4 Å². The maximum absolute atomic E-state index is 12.4. The van der Waals surface area contributed by atoms with Crippen LogP contribution in [-0.4, -0.2) is 47.8 Å². The Labute approximate surface area is 152 Å². The Morgan fingerprint density at radius 2 is 2.29 bits per heavy atom. The molecule has 3 rings (SSSR count). The molecule has 1 N–H and O–H groups in total. The summed E-state index contributed by atoms with van der Waals surface area (Å²) in [5.41, 5.74) is 0. The molecule has 0 unspecified atom stereocenters. The molecule has 10 heteroatoms. The van der Waals surface area contributed by atoms with Gasteiger partial charge in [0.25, 0.3) is 5.91 Å². The molecule has 1 aromatic heterocycles. The van der Waals surface area contributed by atoms with Crippen LogP contribution in [0.5, 0.6) is 0 Å². The minimum atomic E-state index is -3.24. The van der Waals surface area contributed by atoms with E-state index >= 15 is 0 Å². The maximum Gasteiger partial charge on any atom is 0.266 e. The molecule has 0 aromatic carbocycles. The van der Waals surface area contributed by atoms with E-state index in [-0.39, 0.29) is 18.2 Å². The van der Waals surface area contributed by atoms with Crippen LogP contribution < -0.4 is 5.32 Å². The van der Waals surface area contributed by atoms with E-state index in [2.05, 4.69) is 5.32 Å². The van der Waals surface area contributed by atoms with Gasteiger partial charge in [0.05, 0.1) is 16.7 Å². The van der Waals surface area contributed by atoms with Crippen LogP contribution in [0.3, 0.4) is 0 Å². The lowest BCUT2D eigenvalue weighted by molar-refractivity contribution is -0.128. The van der Waals surface area contributed by atoms with Gasteiger partial charge in [0.2, 0.25) is 5.91 Å². The van der Waals surface area contributed by atoms with Crippen molar-refractivity contribution in [3.8, 4) is 0 Å². The summed E-state index contributed by atoms with van der Waals surface area (Å²) in [5, 5.41) is 5.57. The van der Waals surface area contributed by atoms with E-state index in [4.69, 9.17) is 12.2 Å². The molecule has 0 aliphatic carbocycles. The van der Waals surface area contributed by atoms with Crippen molar-refractivity contribution in [3.63, 3.8) is 0 Å². The molecule has 2 aliphatic heterocycles. The Morgan fingerprint density at radius 1 is 1.50 bits per heavy atom. The Morgan fingerprint density at radius 3 is 2.92 bits per heavy atom. The van der Waals surface area contributed by atoms with E-state index in [1.807, 2.05) is 17.5 Å².